The van der Waals surface area contributed by atoms with Crippen molar-refractivity contribution in [2.45, 2.75) is 25.8 Å². The quantitative estimate of drug-likeness (QED) is 0.714. The highest BCUT2D eigenvalue weighted by molar-refractivity contribution is 5.66. The van der Waals surface area contributed by atoms with E-state index >= 15 is 0 Å². The number of nitrogens with zero attached hydrogens (tertiary/aromatic N) is 2. The molecule has 0 atom stereocenters. The van der Waals surface area contributed by atoms with Gasteiger partial charge in [0, 0.05) is 25.4 Å². The molecule has 88 valence electrons. The predicted octanol–water partition coefficient (Wildman–Crippen LogP) is 1.77. The predicted molar refractivity (Wildman–Crippen MR) is 62.1 cm³/mol. The third-order valence-corrected chi connectivity index (χ3v) is 2.38. The maximum atomic E-state index is 10.3. The third-order valence-electron chi connectivity index (χ3n) is 2.38. The molecule has 1 aromatic heterocycles. The van der Waals surface area contributed by atoms with Crippen LogP contribution in [0.2, 0.25) is 0 Å². The maximum Gasteiger partial charge on any atom is 0.303 e. The average Bonchev–Trinajstić information content (AvgIpc) is 2.25. The lowest BCUT2D eigenvalue weighted by atomic mass is 10.2. The normalized spacial score (nSPS) is 10.6. The zero-order chi connectivity index (χ0) is 11.8. The van der Waals surface area contributed by atoms with Gasteiger partial charge in [0.1, 0.15) is 0 Å². The van der Waals surface area contributed by atoms with Crippen molar-refractivity contribution in [3.05, 3.63) is 30.1 Å². The van der Waals surface area contributed by atoms with Gasteiger partial charge in [-0.2, -0.15) is 0 Å². The molecule has 0 spiro atoms. The van der Waals surface area contributed by atoms with Crippen LogP contribution in [0.25, 0.3) is 0 Å². The summed E-state index contributed by atoms with van der Waals surface area (Å²) in [5.41, 5.74) is 1.23. The average molecular weight is 222 g/mol. The number of aliphatic carboxylic acids is 1. The Hall–Kier alpha value is -1.42. The molecule has 1 rings (SSSR count). The Bertz CT molecular complexity index is 314. The maximum absolute atomic E-state index is 10.3. The Morgan fingerprint density at radius 2 is 2.06 bits per heavy atom. The molecule has 0 saturated carbocycles. The van der Waals surface area contributed by atoms with Crippen LogP contribution in [-0.4, -0.2) is 34.6 Å². The lowest BCUT2D eigenvalue weighted by Crippen LogP contribution is -2.19. The van der Waals surface area contributed by atoms with Crippen molar-refractivity contribution in [2.75, 3.05) is 13.6 Å². The van der Waals surface area contributed by atoms with Crippen LogP contribution in [-0.2, 0) is 11.3 Å². The first kappa shape index (κ1) is 12.6. The Labute approximate surface area is 95.9 Å². The van der Waals surface area contributed by atoms with Gasteiger partial charge in [0.2, 0.25) is 0 Å². The Kier molecular flexibility index (Phi) is 5.50. The monoisotopic (exact) mass is 222 g/mol. The third kappa shape index (κ3) is 5.46. The second-order valence-electron chi connectivity index (χ2n) is 3.94. The number of carboxylic acids is 1. The number of carbonyl (C=O) groups is 1. The summed E-state index contributed by atoms with van der Waals surface area (Å²) in [5.74, 6) is -0.711. The standard InChI is InChI=1S/C12H18N2O2/c1-14(9-3-2-4-12(15)16)10-11-5-7-13-8-6-11/h5-8H,2-4,9-10H2,1H3,(H,15,16). The molecule has 1 N–H and O–H groups in total. The molecule has 4 nitrogen and oxygen atoms in total. The molecule has 0 aromatic carbocycles. The van der Waals surface area contributed by atoms with Gasteiger partial charge in [0.05, 0.1) is 0 Å². The van der Waals surface area contributed by atoms with E-state index in [2.05, 4.69) is 9.88 Å². The topological polar surface area (TPSA) is 53.4 Å². The molecule has 0 radical (unpaired) electrons. The highest BCUT2D eigenvalue weighted by atomic mass is 16.4. The van der Waals surface area contributed by atoms with Crippen molar-refractivity contribution in [1.29, 1.82) is 0 Å². The van der Waals surface area contributed by atoms with Gasteiger partial charge in [0.15, 0.2) is 0 Å². The molecular formula is C12H18N2O2. The molecule has 1 aromatic rings. The van der Waals surface area contributed by atoms with Gasteiger partial charge in [-0.3, -0.25) is 9.78 Å². The Morgan fingerprint density at radius 1 is 1.38 bits per heavy atom. The summed E-state index contributed by atoms with van der Waals surface area (Å²) in [6.45, 7) is 1.81. The van der Waals surface area contributed by atoms with Gasteiger partial charge < -0.3 is 10.0 Å². The van der Waals surface area contributed by atoms with Gasteiger partial charge in [-0.1, -0.05) is 0 Å². The summed E-state index contributed by atoms with van der Waals surface area (Å²) in [4.78, 5) is 16.5. The SMILES string of the molecule is CN(CCCCC(=O)O)Cc1ccncc1. The van der Waals surface area contributed by atoms with Crippen molar-refractivity contribution in [3.8, 4) is 0 Å². The smallest absolute Gasteiger partial charge is 0.303 e. The fourth-order valence-electron chi connectivity index (χ4n) is 1.54. The van der Waals surface area contributed by atoms with E-state index in [-0.39, 0.29) is 6.42 Å². The van der Waals surface area contributed by atoms with Crippen molar-refractivity contribution in [2.24, 2.45) is 0 Å². The summed E-state index contributed by atoms with van der Waals surface area (Å²) in [6, 6.07) is 3.99. The van der Waals surface area contributed by atoms with E-state index < -0.39 is 5.97 Å². The van der Waals surface area contributed by atoms with Crippen LogP contribution in [0, 0.1) is 0 Å². The second-order valence-corrected chi connectivity index (χ2v) is 3.94. The molecule has 0 unspecified atom stereocenters. The molecule has 0 amide bonds. The van der Waals surface area contributed by atoms with Gasteiger partial charge in [-0.25, -0.2) is 0 Å². The van der Waals surface area contributed by atoms with E-state index in [1.165, 1.54) is 5.56 Å². The van der Waals surface area contributed by atoms with Crippen LogP contribution in [0.4, 0.5) is 0 Å². The lowest BCUT2D eigenvalue weighted by molar-refractivity contribution is -0.137. The molecule has 0 aliphatic rings. The first-order valence-corrected chi connectivity index (χ1v) is 5.47. The van der Waals surface area contributed by atoms with Gasteiger partial charge >= 0.3 is 5.97 Å². The first-order valence-electron chi connectivity index (χ1n) is 5.47. The lowest BCUT2D eigenvalue weighted by Gasteiger charge is -2.15. The highest BCUT2D eigenvalue weighted by Gasteiger charge is 2.01. The van der Waals surface area contributed by atoms with Gasteiger partial charge in [0.25, 0.3) is 0 Å². The van der Waals surface area contributed by atoms with Crippen LogP contribution >= 0.6 is 0 Å². The zero-order valence-electron chi connectivity index (χ0n) is 9.59. The minimum Gasteiger partial charge on any atom is -0.481 e. The van der Waals surface area contributed by atoms with E-state index in [1.54, 1.807) is 12.4 Å². The Morgan fingerprint density at radius 3 is 2.69 bits per heavy atom. The molecule has 0 saturated heterocycles. The largest absolute Gasteiger partial charge is 0.481 e. The second kappa shape index (κ2) is 6.95. The van der Waals surface area contributed by atoms with E-state index in [0.29, 0.717) is 0 Å². The number of hydrogen-bond acceptors (Lipinski definition) is 3. The number of pyridine rings is 1. The van der Waals surface area contributed by atoms with Crippen LogP contribution < -0.4 is 0 Å². The van der Waals surface area contributed by atoms with Crippen molar-refractivity contribution >= 4 is 5.97 Å². The fourth-order valence-corrected chi connectivity index (χ4v) is 1.54. The minimum atomic E-state index is -0.711. The van der Waals surface area contributed by atoms with E-state index in [9.17, 15) is 4.79 Å². The number of unbranched alkanes of at least 4 members (excludes halogenated alkanes) is 1. The van der Waals surface area contributed by atoms with Crippen molar-refractivity contribution in [3.63, 3.8) is 0 Å². The molecule has 0 aliphatic heterocycles. The molecule has 0 bridgehead atoms. The fraction of sp³-hybridized carbons (Fsp3) is 0.500. The number of rotatable bonds is 7. The summed E-state index contributed by atoms with van der Waals surface area (Å²) in [7, 11) is 2.04. The summed E-state index contributed by atoms with van der Waals surface area (Å²) >= 11 is 0. The van der Waals surface area contributed by atoms with E-state index in [1.807, 2.05) is 19.2 Å². The highest BCUT2D eigenvalue weighted by Crippen LogP contribution is 2.03. The molecule has 0 fully saturated rings. The summed E-state index contributed by atoms with van der Waals surface area (Å²) in [6.07, 6.45) is 5.51. The van der Waals surface area contributed by atoms with Crippen LogP contribution in [0.1, 0.15) is 24.8 Å². The van der Waals surface area contributed by atoms with Crippen molar-refractivity contribution in [1.82, 2.24) is 9.88 Å². The van der Waals surface area contributed by atoms with Gasteiger partial charge in [-0.15, -0.1) is 0 Å². The van der Waals surface area contributed by atoms with E-state index in [0.717, 1.165) is 25.9 Å². The van der Waals surface area contributed by atoms with Crippen LogP contribution in [0.3, 0.4) is 0 Å². The number of aromatic nitrogens is 1. The molecule has 16 heavy (non-hydrogen) atoms. The molecule has 4 heteroatoms. The molecule has 0 aliphatic carbocycles. The van der Waals surface area contributed by atoms with E-state index in [4.69, 9.17) is 5.11 Å². The van der Waals surface area contributed by atoms with Crippen molar-refractivity contribution < 1.29 is 9.90 Å². The number of hydrogen-bond donors (Lipinski definition) is 1. The molecular weight excluding hydrogens is 204 g/mol. The van der Waals surface area contributed by atoms with Crippen LogP contribution in [0.15, 0.2) is 24.5 Å². The summed E-state index contributed by atoms with van der Waals surface area (Å²) < 4.78 is 0. The summed E-state index contributed by atoms with van der Waals surface area (Å²) in [5, 5.41) is 8.49. The number of carboxylic acid groups (broad SMARTS) is 1. The Balaban J connectivity index is 2.16. The van der Waals surface area contributed by atoms with Crippen LogP contribution in [0.5, 0.6) is 0 Å². The first-order chi connectivity index (χ1) is 7.68. The minimum absolute atomic E-state index is 0.267. The zero-order valence-corrected chi connectivity index (χ0v) is 9.59. The molecule has 1 heterocycles. The van der Waals surface area contributed by atoms with Gasteiger partial charge in [-0.05, 0) is 44.1 Å².